The van der Waals surface area contributed by atoms with E-state index in [4.69, 9.17) is 10.7 Å². The first-order chi connectivity index (χ1) is 16.7. The number of nitrogens with zero attached hydrogens (tertiary/aromatic N) is 4. The quantitative estimate of drug-likeness (QED) is 0.373. The van der Waals surface area contributed by atoms with Crippen LogP contribution >= 0.6 is 0 Å². The molecule has 0 unspecified atom stereocenters. The van der Waals surface area contributed by atoms with Gasteiger partial charge in [-0.25, -0.2) is 4.98 Å². The summed E-state index contributed by atoms with van der Waals surface area (Å²) in [6.07, 6.45) is 12.5. The van der Waals surface area contributed by atoms with E-state index in [1.165, 1.54) is 28.2 Å². The fourth-order valence-electron chi connectivity index (χ4n) is 4.71. The molecule has 0 atom stereocenters. The van der Waals surface area contributed by atoms with E-state index in [-0.39, 0.29) is 0 Å². The molecule has 190 valence electrons. The molecule has 1 fully saturated rings. The maximum absolute atomic E-state index is 5.94. The van der Waals surface area contributed by atoms with E-state index in [1.54, 1.807) is 0 Å². The summed E-state index contributed by atoms with van der Waals surface area (Å²) in [5, 5.41) is 0. The minimum Gasteiger partial charge on any atom is -0.399 e. The Kier molecular flexibility index (Phi) is 10.7. The first-order valence-corrected chi connectivity index (χ1v) is 12.8. The van der Waals surface area contributed by atoms with E-state index in [9.17, 15) is 0 Å². The Balaban J connectivity index is 0.00000210. The number of rotatable bonds is 9. The normalized spacial score (nSPS) is 14.9. The molecule has 1 aromatic carbocycles. The Labute approximate surface area is 213 Å². The lowest BCUT2D eigenvalue weighted by Gasteiger charge is -2.35. The van der Waals surface area contributed by atoms with Gasteiger partial charge in [0.25, 0.3) is 0 Å². The molecule has 2 N–H and O–H groups in total. The van der Waals surface area contributed by atoms with Crippen LogP contribution in [-0.4, -0.2) is 52.1 Å². The van der Waals surface area contributed by atoms with Crippen LogP contribution in [0.4, 0.5) is 0 Å². The van der Waals surface area contributed by atoms with Gasteiger partial charge in [-0.2, -0.15) is 0 Å². The molecule has 1 aromatic heterocycles. The van der Waals surface area contributed by atoms with Gasteiger partial charge in [-0.05, 0) is 76.4 Å². The van der Waals surface area contributed by atoms with E-state index in [0.29, 0.717) is 11.6 Å². The minimum atomic E-state index is 0.479. The highest BCUT2D eigenvalue weighted by atomic mass is 15.2. The van der Waals surface area contributed by atoms with Crippen LogP contribution in [0.25, 0.3) is 11.3 Å². The van der Waals surface area contributed by atoms with E-state index in [2.05, 4.69) is 99.7 Å². The lowest BCUT2D eigenvalue weighted by atomic mass is 9.95. The summed E-state index contributed by atoms with van der Waals surface area (Å²) >= 11 is 0. The summed E-state index contributed by atoms with van der Waals surface area (Å²) in [5.41, 5.74) is 13.9. The maximum atomic E-state index is 5.94. The van der Waals surface area contributed by atoms with Gasteiger partial charge in [-0.1, -0.05) is 32.6 Å². The number of hydrogen-bond acceptors (Lipinski definition) is 4. The number of aromatic nitrogens is 2. The van der Waals surface area contributed by atoms with Crippen LogP contribution in [0.5, 0.6) is 0 Å². The smallest absolute Gasteiger partial charge is 0.112 e. The van der Waals surface area contributed by atoms with Crippen molar-refractivity contribution in [3.63, 3.8) is 0 Å². The third kappa shape index (κ3) is 7.02. The van der Waals surface area contributed by atoms with Gasteiger partial charge in [-0.15, -0.1) is 12.8 Å². The van der Waals surface area contributed by atoms with Crippen molar-refractivity contribution in [3.8, 4) is 24.1 Å². The zero-order chi connectivity index (χ0) is 26.1. The Bertz CT molecular complexity index is 1030. The molecule has 35 heavy (non-hydrogen) atoms. The van der Waals surface area contributed by atoms with E-state index >= 15 is 0 Å². The van der Waals surface area contributed by atoms with E-state index < -0.39 is 0 Å². The van der Waals surface area contributed by atoms with Crippen LogP contribution in [0.3, 0.4) is 0 Å². The summed E-state index contributed by atoms with van der Waals surface area (Å²) in [5.74, 6) is 1.73. The number of nitrogens with two attached hydrogens (primary N) is 1. The Morgan fingerprint density at radius 2 is 1.74 bits per heavy atom. The third-order valence-electron chi connectivity index (χ3n) is 7.52. The van der Waals surface area contributed by atoms with Crippen molar-refractivity contribution in [1.82, 2.24) is 19.4 Å². The largest absolute Gasteiger partial charge is 0.399 e. The second-order valence-corrected chi connectivity index (χ2v) is 9.50. The van der Waals surface area contributed by atoms with Crippen molar-refractivity contribution < 1.29 is 0 Å². The number of allylic oxidation sites excluding steroid dienone is 2. The van der Waals surface area contributed by atoms with E-state index in [1.807, 2.05) is 0 Å². The third-order valence-corrected chi connectivity index (χ3v) is 7.52. The fraction of sp³-hybridized carbons (Fsp3) is 0.500. The molecular formula is C30H45N5. The van der Waals surface area contributed by atoms with Gasteiger partial charge in [0.05, 0.1) is 5.69 Å². The predicted molar refractivity (Wildman–Crippen MR) is 150 cm³/mol. The summed E-state index contributed by atoms with van der Waals surface area (Å²) in [6.45, 7) is 23.2. The number of likely N-dealkylation sites (tertiary alicyclic amines) is 1. The number of terminal acetylenes is 1. The molecule has 0 saturated carbocycles. The zero-order valence-electron chi connectivity index (χ0n) is 22.8. The highest BCUT2D eigenvalue weighted by Crippen LogP contribution is 2.32. The topological polar surface area (TPSA) is 50.3 Å². The molecule has 3 rings (SSSR count). The monoisotopic (exact) mass is 475 g/mol. The molecule has 0 radical (unpaired) electrons. The van der Waals surface area contributed by atoms with Crippen LogP contribution in [0.2, 0.25) is 0 Å². The zero-order valence-corrected chi connectivity index (χ0v) is 22.8. The Morgan fingerprint density at radius 1 is 1.11 bits per heavy atom. The molecule has 5 nitrogen and oxygen atoms in total. The number of likely N-dealkylation sites (N-methyl/N-ethyl adjacent to an activating group) is 1. The van der Waals surface area contributed by atoms with Gasteiger partial charge < -0.3 is 20.1 Å². The Morgan fingerprint density at radius 3 is 2.29 bits per heavy atom. The molecule has 0 spiro atoms. The number of benzene rings is 1. The lowest BCUT2D eigenvalue weighted by molar-refractivity contribution is 0.250. The minimum absolute atomic E-state index is 0.479. The maximum Gasteiger partial charge on any atom is 0.112 e. The number of hydrogen-bond donors (Lipinski definition) is 1. The Hall–Kier alpha value is -2.97. The average Bonchev–Trinajstić information content (AvgIpc) is 3.31. The molecule has 1 saturated heterocycles. The molecule has 1 aliphatic rings. The van der Waals surface area contributed by atoms with Crippen molar-refractivity contribution in [3.05, 3.63) is 64.9 Å². The SMILES string of the molecule is C#C.C=C(N)/C(C)=C(/C)N1CCC(c2nc(-c3ccc(C)c(C)c3)cn2CCN(CC)CC)CC1. The highest BCUT2D eigenvalue weighted by molar-refractivity contribution is 5.60. The van der Waals surface area contributed by atoms with Gasteiger partial charge in [0.2, 0.25) is 0 Å². The molecule has 5 heteroatoms. The van der Waals surface area contributed by atoms with Crippen LogP contribution in [0, 0.1) is 26.7 Å². The first-order valence-electron chi connectivity index (χ1n) is 12.8. The number of piperidine rings is 1. The van der Waals surface area contributed by atoms with Crippen LogP contribution in [0.15, 0.2) is 47.9 Å². The predicted octanol–water partition coefficient (Wildman–Crippen LogP) is 5.70. The summed E-state index contributed by atoms with van der Waals surface area (Å²) in [7, 11) is 0. The second kappa shape index (κ2) is 13.2. The van der Waals surface area contributed by atoms with Crippen molar-refractivity contribution in [1.29, 1.82) is 0 Å². The molecule has 2 heterocycles. The van der Waals surface area contributed by atoms with Gasteiger partial charge in [0, 0.05) is 55.3 Å². The average molecular weight is 476 g/mol. The van der Waals surface area contributed by atoms with Gasteiger partial charge >= 0.3 is 0 Å². The second-order valence-electron chi connectivity index (χ2n) is 9.50. The molecule has 2 aromatic rings. The molecule has 1 aliphatic heterocycles. The molecular weight excluding hydrogens is 430 g/mol. The van der Waals surface area contributed by atoms with Crippen molar-refractivity contribution >= 4 is 0 Å². The van der Waals surface area contributed by atoms with Gasteiger partial charge in [0.1, 0.15) is 5.82 Å². The van der Waals surface area contributed by atoms with Gasteiger partial charge in [-0.3, -0.25) is 0 Å². The summed E-state index contributed by atoms with van der Waals surface area (Å²) < 4.78 is 2.43. The standard InChI is InChI=1S/C28H43N5.C2H2/c1-8-31(9-2)16-17-33-19-27(26-11-10-20(3)21(4)18-26)30-28(33)25-12-14-32(15-13-25)24(7)22(5)23(6)29;1-2/h10-11,18-19,25H,6,8-9,12-17,29H2,1-5,7H3;1-2H/b24-22-;. The lowest BCUT2D eigenvalue weighted by Crippen LogP contribution is -2.33. The van der Waals surface area contributed by atoms with Crippen LogP contribution < -0.4 is 5.73 Å². The highest BCUT2D eigenvalue weighted by Gasteiger charge is 2.26. The van der Waals surface area contributed by atoms with Crippen molar-refractivity contribution in [2.75, 3.05) is 32.7 Å². The van der Waals surface area contributed by atoms with Crippen LogP contribution in [0.1, 0.15) is 63.4 Å². The fourth-order valence-corrected chi connectivity index (χ4v) is 4.71. The summed E-state index contributed by atoms with van der Waals surface area (Å²) in [4.78, 5) is 10.2. The van der Waals surface area contributed by atoms with Crippen molar-refractivity contribution in [2.45, 2.75) is 66.8 Å². The summed E-state index contributed by atoms with van der Waals surface area (Å²) in [6, 6.07) is 6.69. The van der Waals surface area contributed by atoms with E-state index in [0.717, 1.165) is 63.4 Å². The first kappa shape index (κ1) is 28.3. The molecule has 0 amide bonds. The number of aryl methyl sites for hydroxylation is 2. The van der Waals surface area contributed by atoms with Crippen molar-refractivity contribution in [2.24, 2.45) is 5.73 Å². The van der Waals surface area contributed by atoms with Crippen LogP contribution in [-0.2, 0) is 6.54 Å². The molecule has 0 aliphatic carbocycles. The molecule has 0 bridgehead atoms. The van der Waals surface area contributed by atoms with Gasteiger partial charge in [0.15, 0.2) is 0 Å². The number of imidazole rings is 1.